The lowest BCUT2D eigenvalue weighted by Gasteiger charge is -2.15. The molecular formula is C79H128O5. The predicted octanol–water partition coefficient (Wildman–Crippen LogP) is 24.4. The van der Waals surface area contributed by atoms with Crippen LogP contribution in [0.5, 0.6) is 0 Å². The third kappa shape index (κ3) is 69.8. The minimum Gasteiger partial charge on any atom is -0.462 e. The Morgan fingerprint density at radius 1 is 0.274 bits per heavy atom. The Kier molecular flexibility index (Phi) is 68.4. The molecule has 0 aromatic heterocycles. The van der Waals surface area contributed by atoms with E-state index in [0.717, 1.165) is 135 Å². The van der Waals surface area contributed by atoms with E-state index in [4.69, 9.17) is 9.47 Å². The molecule has 0 radical (unpaired) electrons. The monoisotopic (exact) mass is 1160 g/mol. The number of carbonyl (C=O) groups excluding carboxylic acids is 2. The maximum Gasteiger partial charge on any atom is 0.306 e. The third-order valence-electron chi connectivity index (χ3n) is 14.5. The molecule has 0 amide bonds. The minimum atomic E-state index is -0.792. The summed E-state index contributed by atoms with van der Waals surface area (Å²) in [6, 6.07) is 0. The third-order valence-corrected chi connectivity index (χ3v) is 14.5. The largest absolute Gasteiger partial charge is 0.462 e. The van der Waals surface area contributed by atoms with Gasteiger partial charge in [0.05, 0.1) is 6.61 Å². The van der Waals surface area contributed by atoms with E-state index < -0.39 is 6.10 Å². The number of aliphatic hydroxyl groups is 1. The fourth-order valence-electron chi connectivity index (χ4n) is 9.40. The second kappa shape index (κ2) is 72.5. The lowest BCUT2D eigenvalue weighted by molar-refractivity contribution is -0.161. The van der Waals surface area contributed by atoms with Gasteiger partial charge in [-0.25, -0.2) is 0 Å². The van der Waals surface area contributed by atoms with E-state index in [1.807, 2.05) is 0 Å². The van der Waals surface area contributed by atoms with Gasteiger partial charge in [-0.15, -0.1) is 0 Å². The van der Waals surface area contributed by atoms with Crippen LogP contribution in [0.25, 0.3) is 0 Å². The summed E-state index contributed by atoms with van der Waals surface area (Å²) in [6.07, 6.45) is 112. The maximum absolute atomic E-state index is 12.4. The van der Waals surface area contributed by atoms with Gasteiger partial charge in [0.15, 0.2) is 6.10 Å². The van der Waals surface area contributed by atoms with E-state index in [1.54, 1.807) is 0 Å². The van der Waals surface area contributed by atoms with Crippen LogP contribution in [0, 0.1) is 0 Å². The molecular weight excluding hydrogens is 1030 g/mol. The Hall–Kier alpha value is -4.74. The molecule has 0 saturated heterocycles. The highest BCUT2D eigenvalue weighted by atomic mass is 16.6. The molecule has 0 aromatic rings. The lowest BCUT2D eigenvalue weighted by Crippen LogP contribution is -2.28. The molecule has 1 N–H and O–H groups in total. The van der Waals surface area contributed by atoms with Crippen molar-refractivity contribution in [3.05, 3.63) is 170 Å². The standard InChI is InChI=1S/C79H128O5/c1-3-5-7-9-11-13-15-17-19-21-23-25-27-29-31-33-35-36-37-38-39-40-41-42-44-45-47-49-51-53-55-57-59-61-63-65-67-69-71-73-78(81)83-76-77(75-80)84-79(82)74-72-70-68-66-64-62-60-58-56-54-52-50-48-46-43-34-32-30-28-26-24-22-20-18-16-14-12-10-8-6-4-2/h5-8,11-14,17-20,23-26,29-32,35-36,43,46,50,52,56,58,77,80H,3-4,9-10,15-16,21-22,27-28,33-34,37-42,44-45,47-49,51,53-55,57,59-76H2,1-2H3/b7-5-,8-6-,13-11-,14-12-,19-17-,20-18-,25-23-,26-24-,31-29-,32-30-,36-35-,46-43-,52-50-,58-56-. The summed E-state index contributed by atoms with van der Waals surface area (Å²) in [7, 11) is 0. The first-order valence-corrected chi connectivity index (χ1v) is 34.7. The molecule has 0 rings (SSSR count). The summed E-state index contributed by atoms with van der Waals surface area (Å²) in [5.41, 5.74) is 0. The summed E-state index contributed by atoms with van der Waals surface area (Å²) >= 11 is 0. The zero-order valence-electron chi connectivity index (χ0n) is 54.4. The Bertz CT molecular complexity index is 1840. The van der Waals surface area contributed by atoms with E-state index in [-0.39, 0.29) is 25.2 Å². The van der Waals surface area contributed by atoms with Crippen molar-refractivity contribution >= 4 is 11.9 Å². The number of carbonyl (C=O) groups is 2. The first-order valence-electron chi connectivity index (χ1n) is 34.7. The van der Waals surface area contributed by atoms with Gasteiger partial charge in [0.1, 0.15) is 6.61 Å². The van der Waals surface area contributed by atoms with Crippen LogP contribution in [0.2, 0.25) is 0 Å². The molecule has 0 aliphatic heterocycles. The molecule has 0 bridgehead atoms. The molecule has 0 spiro atoms. The van der Waals surface area contributed by atoms with Crippen LogP contribution in [0.1, 0.15) is 296 Å². The van der Waals surface area contributed by atoms with Crippen molar-refractivity contribution in [1.82, 2.24) is 0 Å². The summed E-state index contributed by atoms with van der Waals surface area (Å²) in [4.78, 5) is 24.7. The zero-order valence-corrected chi connectivity index (χ0v) is 54.4. The van der Waals surface area contributed by atoms with E-state index in [1.165, 1.54) is 135 Å². The summed E-state index contributed by atoms with van der Waals surface area (Å²) < 4.78 is 10.7. The van der Waals surface area contributed by atoms with Gasteiger partial charge in [-0.1, -0.05) is 325 Å². The average Bonchev–Trinajstić information content (AvgIpc) is 3.51. The molecule has 1 atom stereocenters. The first kappa shape index (κ1) is 79.3. The van der Waals surface area contributed by atoms with Gasteiger partial charge >= 0.3 is 11.9 Å². The van der Waals surface area contributed by atoms with Crippen LogP contribution >= 0.6 is 0 Å². The molecule has 474 valence electrons. The number of hydrogen-bond acceptors (Lipinski definition) is 5. The second-order valence-corrected chi connectivity index (χ2v) is 22.5. The molecule has 1 unspecified atom stereocenters. The molecule has 0 fully saturated rings. The highest BCUT2D eigenvalue weighted by Gasteiger charge is 2.16. The van der Waals surface area contributed by atoms with Gasteiger partial charge in [0.2, 0.25) is 0 Å². The Labute approximate surface area is 519 Å². The highest BCUT2D eigenvalue weighted by molar-refractivity contribution is 5.70. The molecule has 0 heterocycles. The summed E-state index contributed by atoms with van der Waals surface area (Å²) in [5.74, 6) is -0.608. The van der Waals surface area contributed by atoms with Crippen LogP contribution in [0.15, 0.2) is 170 Å². The molecule has 5 nitrogen and oxygen atoms in total. The first-order chi connectivity index (χ1) is 41.6. The Morgan fingerprint density at radius 3 is 0.714 bits per heavy atom. The van der Waals surface area contributed by atoms with Crippen molar-refractivity contribution in [1.29, 1.82) is 0 Å². The van der Waals surface area contributed by atoms with Crippen LogP contribution in [0.3, 0.4) is 0 Å². The number of rotatable bonds is 62. The molecule has 84 heavy (non-hydrogen) atoms. The van der Waals surface area contributed by atoms with Crippen molar-refractivity contribution in [2.24, 2.45) is 0 Å². The van der Waals surface area contributed by atoms with Gasteiger partial charge in [0.25, 0.3) is 0 Å². The minimum absolute atomic E-state index is 0.0791. The molecule has 5 heteroatoms. The van der Waals surface area contributed by atoms with Crippen molar-refractivity contribution < 1.29 is 24.2 Å². The Morgan fingerprint density at radius 2 is 0.476 bits per heavy atom. The number of aliphatic hydroxyl groups excluding tert-OH is 1. The van der Waals surface area contributed by atoms with Gasteiger partial charge in [0, 0.05) is 12.8 Å². The van der Waals surface area contributed by atoms with Crippen molar-refractivity contribution in [2.75, 3.05) is 13.2 Å². The van der Waals surface area contributed by atoms with Crippen molar-refractivity contribution in [3.8, 4) is 0 Å². The second-order valence-electron chi connectivity index (χ2n) is 22.5. The fraction of sp³-hybridized carbons (Fsp3) is 0.620. The predicted molar refractivity (Wildman–Crippen MR) is 370 cm³/mol. The molecule has 0 aliphatic rings. The molecule has 0 saturated carbocycles. The summed E-state index contributed by atoms with van der Waals surface area (Å²) in [6.45, 7) is 3.91. The molecule has 0 aliphatic carbocycles. The Balaban J connectivity index is 3.53. The van der Waals surface area contributed by atoms with E-state index in [9.17, 15) is 14.7 Å². The molecule has 0 aromatic carbocycles. The van der Waals surface area contributed by atoms with Crippen molar-refractivity contribution in [3.63, 3.8) is 0 Å². The van der Waals surface area contributed by atoms with Gasteiger partial charge in [-0.3, -0.25) is 9.59 Å². The van der Waals surface area contributed by atoms with Crippen LogP contribution in [0.4, 0.5) is 0 Å². The lowest BCUT2D eigenvalue weighted by atomic mass is 10.0. The highest BCUT2D eigenvalue weighted by Crippen LogP contribution is 2.17. The number of esters is 2. The number of hydrogen-bond donors (Lipinski definition) is 1. The van der Waals surface area contributed by atoms with Crippen LogP contribution in [-0.4, -0.2) is 36.4 Å². The fourth-order valence-corrected chi connectivity index (χ4v) is 9.40. The SMILES string of the molecule is CC/C=C\C/C=C\C/C=C\C/C=C\C/C=C\C/C=C\C/C=C\C/C=C\CCCCCCCCC(=O)OC(CO)COC(=O)CCCCCCCCCCCCCCCCCCCCCC/C=C\C/C=C\C/C=C\C/C=C\C/C=C\C/C=C\CC. The zero-order chi connectivity index (χ0) is 60.5. The summed E-state index contributed by atoms with van der Waals surface area (Å²) in [5, 5.41) is 9.70. The number of allylic oxidation sites excluding steroid dienone is 28. The average molecular weight is 1160 g/mol. The van der Waals surface area contributed by atoms with E-state index in [0.29, 0.717) is 12.8 Å². The van der Waals surface area contributed by atoms with Gasteiger partial charge in [-0.2, -0.15) is 0 Å². The van der Waals surface area contributed by atoms with E-state index in [2.05, 4.69) is 184 Å². The van der Waals surface area contributed by atoms with Gasteiger partial charge < -0.3 is 14.6 Å². The van der Waals surface area contributed by atoms with E-state index >= 15 is 0 Å². The van der Waals surface area contributed by atoms with Gasteiger partial charge in [-0.05, 0) is 128 Å². The smallest absolute Gasteiger partial charge is 0.306 e. The topological polar surface area (TPSA) is 72.8 Å². The normalized spacial score (nSPS) is 13.3. The quantitative estimate of drug-likeness (QED) is 0.0373. The number of unbranched alkanes of at least 4 members (excludes halogenated alkanes) is 26. The maximum atomic E-state index is 12.4. The number of ether oxygens (including phenoxy) is 2. The van der Waals surface area contributed by atoms with Crippen LogP contribution in [-0.2, 0) is 19.1 Å². The van der Waals surface area contributed by atoms with Crippen LogP contribution < -0.4 is 0 Å². The van der Waals surface area contributed by atoms with Crippen molar-refractivity contribution in [2.45, 2.75) is 302 Å².